The Hall–Kier alpha value is -4.09. The van der Waals surface area contributed by atoms with Gasteiger partial charge in [-0.15, -0.1) is 0 Å². The third-order valence-electron chi connectivity index (χ3n) is 7.72. The van der Waals surface area contributed by atoms with Crippen LogP contribution in [0.2, 0.25) is 0 Å². The molecular weight excluding hydrogens is 510 g/mol. The Morgan fingerprint density at radius 2 is 1.85 bits per heavy atom. The van der Waals surface area contributed by atoms with Crippen LogP contribution in [0.5, 0.6) is 0 Å². The Morgan fingerprint density at radius 3 is 2.50 bits per heavy atom. The number of fused-ring (bicyclic) bond motifs is 1. The first-order valence-corrected chi connectivity index (χ1v) is 13.9. The molecule has 0 radical (unpaired) electrons. The second kappa shape index (κ2) is 9.83. The molecule has 0 unspecified atom stereocenters. The highest BCUT2D eigenvalue weighted by Gasteiger charge is 2.37. The number of ether oxygens (including phenoxy) is 1. The molecule has 210 valence electrons. The van der Waals surface area contributed by atoms with E-state index < -0.39 is 0 Å². The van der Waals surface area contributed by atoms with Crippen molar-refractivity contribution in [3.05, 3.63) is 29.5 Å². The van der Waals surface area contributed by atoms with Gasteiger partial charge in [0.15, 0.2) is 17.2 Å². The van der Waals surface area contributed by atoms with E-state index in [4.69, 9.17) is 30.1 Å². The number of carbonyl (C=O) groups is 1. The number of amides is 1. The van der Waals surface area contributed by atoms with Crippen molar-refractivity contribution in [1.29, 1.82) is 0 Å². The minimum atomic E-state index is -0.349. The van der Waals surface area contributed by atoms with Gasteiger partial charge in [0.2, 0.25) is 0 Å². The number of aromatic nitrogens is 7. The van der Waals surface area contributed by atoms with Gasteiger partial charge < -0.3 is 19.9 Å². The molecule has 0 aromatic carbocycles. The van der Waals surface area contributed by atoms with E-state index in [9.17, 15) is 4.79 Å². The van der Waals surface area contributed by atoms with E-state index in [1.54, 1.807) is 4.90 Å². The summed E-state index contributed by atoms with van der Waals surface area (Å²) in [5, 5.41) is 10.1. The summed E-state index contributed by atoms with van der Waals surface area (Å²) in [6.07, 6.45) is 6.85. The summed E-state index contributed by atoms with van der Waals surface area (Å²) in [5.74, 6) is 2.21. The number of hydrogen-bond acceptors (Lipinski definition) is 10. The highest BCUT2D eigenvalue weighted by atomic mass is 16.6. The second-order valence-corrected chi connectivity index (χ2v) is 11.6. The lowest BCUT2D eigenvalue weighted by Crippen LogP contribution is -2.38. The molecule has 40 heavy (non-hydrogen) atoms. The molecule has 1 aliphatic heterocycles. The van der Waals surface area contributed by atoms with Crippen LogP contribution in [0.4, 0.5) is 10.6 Å². The lowest BCUT2D eigenvalue weighted by Gasteiger charge is -2.31. The number of carbonyl (C=O) groups excluding carboxylic acids is 1. The molecule has 1 aliphatic carbocycles. The molecule has 2 N–H and O–H groups in total. The van der Waals surface area contributed by atoms with Crippen LogP contribution in [-0.4, -0.2) is 65.6 Å². The number of nitrogens with zero attached hydrogens (tertiary/aromatic N) is 8. The fourth-order valence-electron chi connectivity index (χ4n) is 5.50. The molecule has 0 atom stereocenters. The van der Waals surface area contributed by atoms with E-state index in [0.717, 1.165) is 48.3 Å². The Morgan fingerprint density at radius 1 is 1.10 bits per heavy atom. The molecule has 1 amide bonds. The smallest absolute Gasteiger partial charge is 0.409 e. The maximum atomic E-state index is 12.1. The van der Waals surface area contributed by atoms with Crippen LogP contribution in [0.1, 0.15) is 82.2 Å². The zero-order valence-corrected chi connectivity index (χ0v) is 23.6. The predicted octanol–water partition coefficient (Wildman–Crippen LogP) is 4.80. The zero-order chi connectivity index (χ0) is 28.2. The number of nitrogen functional groups attached to an aromatic ring is 1. The SMILES string of the molecule is CCOC(=O)N1CCC(c2cnc(-c3c(-c4nn(C(C)(C)C)c5ncnc(N)c45)noc3C3CC3)nc2C)CC1. The molecule has 0 bridgehead atoms. The molecule has 2 aliphatic rings. The average Bonchev–Trinajstić information content (AvgIpc) is 3.54. The van der Waals surface area contributed by atoms with Crippen molar-refractivity contribution >= 4 is 22.9 Å². The largest absolute Gasteiger partial charge is 0.450 e. The van der Waals surface area contributed by atoms with Gasteiger partial charge in [-0.25, -0.2) is 29.4 Å². The fraction of sp³-hybridized carbons (Fsp3) is 0.536. The van der Waals surface area contributed by atoms with E-state index in [-0.39, 0.29) is 23.5 Å². The fourth-order valence-corrected chi connectivity index (χ4v) is 5.50. The maximum absolute atomic E-state index is 12.1. The first-order chi connectivity index (χ1) is 19.2. The van der Waals surface area contributed by atoms with E-state index >= 15 is 0 Å². The van der Waals surface area contributed by atoms with E-state index in [1.807, 2.05) is 24.7 Å². The molecule has 5 heterocycles. The molecule has 4 aromatic rings. The number of rotatable bonds is 5. The van der Waals surface area contributed by atoms with Gasteiger partial charge >= 0.3 is 6.09 Å². The van der Waals surface area contributed by atoms with Crippen LogP contribution < -0.4 is 5.73 Å². The molecule has 0 spiro atoms. The van der Waals surface area contributed by atoms with Crippen molar-refractivity contribution in [2.75, 3.05) is 25.4 Å². The quantitative estimate of drug-likeness (QED) is 0.370. The molecule has 4 aromatic heterocycles. The molecule has 1 saturated heterocycles. The van der Waals surface area contributed by atoms with E-state index in [1.165, 1.54) is 6.33 Å². The summed E-state index contributed by atoms with van der Waals surface area (Å²) in [6, 6.07) is 0. The minimum absolute atomic E-state index is 0.246. The van der Waals surface area contributed by atoms with Gasteiger partial charge in [-0.05, 0) is 71.8 Å². The predicted molar refractivity (Wildman–Crippen MR) is 149 cm³/mol. The number of likely N-dealkylation sites (tertiary alicyclic amines) is 1. The van der Waals surface area contributed by atoms with Crippen molar-refractivity contribution in [3.63, 3.8) is 0 Å². The third-order valence-corrected chi connectivity index (χ3v) is 7.72. The monoisotopic (exact) mass is 545 g/mol. The Balaban J connectivity index is 1.39. The molecule has 1 saturated carbocycles. The molecule has 12 nitrogen and oxygen atoms in total. The topological polar surface area (TPSA) is 151 Å². The highest BCUT2D eigenvalue weighted by molar-refractivity contribution is 6.00. The van der Waals surface area contributed by atoms with Crippen LogP contribution in [-0.2, 0) is 10.3 Å². The lowest BCUT2D eigenvalue weighted by molar-refractivity contribution is 0.0970. The number of piperidine rings is 1. The first kappa shape index (κ1) is 26.1. The standard InChI is InChI=1S/C28H35N9O3/c1-6-39-27(38)36-11-9-16(10-12-36)18-13-30-25(33-15(18)2)19-22(35-40-23(19)17-7-8-17)21-20-24(29)31-14-32-26(20)37(34-21)28(3,4)5/h13-14,16-17H,6-12H2,1-5H3,(H2,29,31,32). The summed E-state index contributed by atoms with van der Waals surface area (Å²) in [4.78, 5) is 32.5. The molecular formula is C28H35N9O3. The first-order valence-electron chi connectivity index (χ1n) is 13.9. The zero-order valence-electron chi connectivity index (χ0n) is 23.6. The highest BCUT2D eigenvalue weighted by Crippen LogP contribution is 2.48. The Labute approximate surface area is 232 Å². The van der Waals surface area contributed by atoms with Crippen molar-refractivity contribution < 1.29 is 14.1 Å². The third kappa shape index (κ3) is 4.54. The maximum Gasteiger partial charge on any atom is 0.409 e. The van der Waals surface area contributed by atoms with Crippen molar-refractivity contribution in [3.8, 4) is 22.8 Å². The summed E-state index contributed by atoms with van der Waals surface area (Å²) in [5.41, 5.74) is 10.5. The summed E-state index contributed by atoms with van der Waals surface area (Å²) in [7, 11) is 0. The van der Waals surface area contributed by atoms with Gasteiger partial charge in [-0.1, -0.05) is 5.16 Å². The lowest BCUT2D eigenvalue weighted by atomic mass is 9.89. The number of hydrogen-bond donors (Lipinski definition) is 1. The molecule has 12 heteroatoms. The van der Waals surface area contributed by atoms with Crippen molar-refractivity contribution in [2.45, 2.75) is 77.7 Å². The van der Waals surface area contributed by atoms with Crippen LogP contribution >= 0.6 is 0 Å². The summed E-state index contributed by atoms with van der Waals surface area (Å²) in [6.45, 7) is 11.7. The van der Waals surface area contributed by atoms with Gasteiger partial charge in [-0.2, -0.15) is 5.10 Å². The van der Waals surface area contributed by atoms with Crippen LogP contribution in [0.25, 0.3) is 33.8 Å². The van der Waals surface area contributed by atoms with E-state index in [0.29, 0.717) is 53.8 Å². The summed E-state index contributed by atoms with van der Waals surface area (Å²) >= 11 is 0. The van der Waals surface area contributed by atoms with Crippen LogP contribution in [0.3, 0.4) is 0 Å². The number of nitrogens with two attached hydrogens (primary N) is 1. The summed E-state index contributed by atoms with van der Waals surface area (Å²) < 4.78 is 13.0. The number of aryl methyl sites for hydroxylation is 1. The normalized spacial score (nSPS) is 16.6. The van der Waals surface area contributed by atoms with Gasteiger partial charge in [-0.3, -0.25) is 0 Å². The van der Waals surface area contributed by atoms with Crippen molar-refractivity contribution in [1.82, 2.24) is 39.8 Å². The van der Waals surface area contributed by atoms with E-state index in [2.05, 4.69) is 35.9 Å². The van der Waals surface area contributed by atoms with Gasteiger partial charge in [0, 0.05) is 30.9 Å². The number of anilines is 1. The van der Waals surface area contributed by atoms with Crippen molar-refractivity contribution in [2.24, 2.45) is 0 Å². The van der Waals surface area contributed by atoms with Crippen LogP contribution in [0, 0.1) is 6.92 Å². The van der Waals surface area contributed by atoms with Gasteiger partial charge in [0.25, 0.3) is 0 Å². The van der Waals surface area contributed by atoms with Gasteiger partial charge in [0.1, 0.15) is 23.5 Å². The second-order valence-electron chi connectivity index (χ2n) is 11.6. The molecule has 6 rings (SSSR count). The van der Waals surface area contributed by atoms with Gasteiger partial charge in [0.05, 0.1) is 23.1 Å². The van der Waals surface area contributed by atoms with Crippen LogP contribution in [0.15, 0.2) is 17.0 Å². The Bertz CT molecular complexity index is 1570. The molecule has 2 fully saturated rings. The minimum Gasteiger partial charge on any atom is -0.450 e. The average molecular weight is 546 g/mol. The Kier molecular flexibility index (Phi) is 6.42.